The van der Waals surface area contributed by atoms with Gasteiger partial charge in [-0.2, -0.15) is 0 Å². The van der Waals surface area contributed by atoms with Crippen molar-refractivity contribution in [1.29, 1.82) is 0 Å². The number of fused-ring (bicyclic) bond motifs is 1. The van der Waals surface area contributed by atoms with Crippen LogP contribution in [-0.4, -0.2) is 37.4 Å². The van der Waals surface area contributed by atoms with Gasteiger partial charge in [0.15, 0.2) is 0 Å². The smallest absolute Gasteiger partial charge is 0.256 e. The van der Waals surface area contributed by atoms with E-state index in [1.165, 1.54) is 0 Å². The lowest BCUT2D eigenvalue weighted by atomic mass is 9.96. The van der Waals surface area contributed by atoms with Gasteiger partial charge in [0.1, 0.15) is 5.84 Å². The molecule has 138 valence electrons. The SMILES string of the molecule is CC(C)CC(NC(=O)C1=CN2CCS(=O)(=O)N=C2C=C1)c1ccccc1. The second-order valence-electron chi connectivity index (χ2n) is 6.91. The Balaban J connectivity index is 1.77. The maximum atomic E-state index is 12.7. The van der Waals surface area contributed by atoms with Gasteiger partial charge in [-0.15, -0.1) is 4.40 Å². The van der Waals surface area contributed by atoms with Gasteiger partial charge >= 0.3 is 0 Å². The van der Waals surface area contributed by atoms with Crippen LogP contribution in [0.25, 0.3) is 0 Å². The molecule has 3 rings (SSSR count). The van der Waals surface area contributed by atoms with E-state index in [1.54, 1.807) is 23.3 Å². The molecule has 0 spiro atoms. The number of carbonyl (C=O) groups is 1. The van der Waals surface area contributed by atoms with E-state index in [0.29, 0.717) is 23.9 Å². The molecule has 1 aromatic carbocycles. The van der Waals surface area contributed by atoms with Gasteiger partial charge in [0.25, 0.3) is 15.9 Å². The third-order valence-electron chi connectivity index (χ3n) is 4.30. The first kappa shape index (κ1) is 18.4. The van der Waals surface area contributed by atoms with Crippen LogP contribution in [0.4, 0.5) is 0 Å². The lowest BCUT2D eigenvalue weighted by Crippen LogP contribution is -2.38. The first-order valence-electron chi connectivity index (χ1n) is 8.69. The molecule has 1 unspecified atom stereocenters. The maximum Gasteiger partial charge on any atom is 0.256 e. The highest BCUT2D eigenvalue weighted by molar-refractivity contribution is 7.90. The molecule has 0 saturated heterocycles. The normalized spacial score (nSPS) is 19.4. The molecule has 1 N–H and O–H groups in total. The number of nitrogens with one attached hydrogen (secondary N) is 1. The summed E-state index contributed by atoms with van der Waals surface area (Å²) in [5, 5.41) is 3.10. The third kappa shape index (κ3) is 4.40. The van der Waals surface area contributed by atoms with Gasteiger partial charge < -0.3 is 10.2 Å². The molecule has 2 heterocycles. The standard InChI is InChI=1S/C19H23N3O3S/c1-14(2)12-17(15-6-4-3-5-7-15)20-19(23)16-8-9-18-21-26(24,25)11-10-22(18)13-16/h3-9,13-14,17H,10-12H2,1-2H3,(H,20,23). The van der Waals surface area contributed by atoms with E-state index in [1.807, 2.05) is 30.3 Å². The van der Waals surface area contributed by atoms with E-state index in [9.17, 15) is 13.2 Å². The average Bonchev–Trinajstić information content (AvgIpc) is 2.60. The molecule has 7 heteroatoms. The van der Waals surface area contributed by atoms with Gasteiger partial charge in [-0.25, -0.2) is 8.42 Å². The fourth-order valence-electron chi connectivity index (χ4n) is 3.01. The van der Waals surface area contributed by atoms with Crippen LogP contribution < -0.4 is 5.32 Å². The van der Waals surface area contributed by atoms with Gasteiger partial charge in [0.2, 0.25) is 0 Å². The number of sulfonamides is 1. The van der Waals surface area contributed by atoms with Crippen molar-refractivity contribution in [3.05, 3.63) is 59.8 Å². The van der Waals surface area contributed by atoms with Gasteiger partial charge in [0, 0.05) is 12.7 Å². The summed E-state index contributed by atoms with van der Waals surface area (Å²) in [6, 6.07) is 9.83. The highest BCUT2D eigenvalue weighted by atomic mass is 32.2. The number of amidine groups is 1. The second-order valence-corrected chi connectivity index (χ2v) is 8.67. The summed E-state index contributed by atoms with van der Waals surface area (Å²) < 4.78 is 26.9. The van der Waals surface area contributed by atoms with E-state index >= 15 is 0 Å². The van der Waals surface area contributed by atoms with Crippen LogP contribution in [-0.2, 0) is 14.8 Å². The van der Waals surface area contributed by atoms with Crippen LogP contribution in [0, 0.1) is 5.92 Å². The fraction of sp³-hybridized carbons (Fsp3) is 0.368. The number of rotatable bonds is 5. The van der Waals surface area contributed by atoms with Crippen molar-refractivity contribution in [2.24, 2.45) is 10.3 Å². The lowest BCUT2D eigenvalue weighted by molar-refractivity contribution is -0.118. The second kappa shape index (κ2) is 7.45. The van der Waals surface area contributed by atoms with Gasteiger partial charge in [-0.3, -0.25) is 4.79 Å². The molecular weight excluding hydrogens is 350 g/mol. The minimum Gasteiger partial charge on any atom is -0.345 e. The molecule has 1 aromatic rings. The van der Waals surface area contributed by atoms with E-state index in [4.69, 9.17) is 0 Å². The molecule has 0 aliphatic carbocycles. The molecule has 2 aliphatic heterocycles. The van der Waals surface area contributed by atoms with Crippen LogP contribution in [0.2, 0.25) is 0 Å². The minimum absolute atomic E-state index is 0.0459. The molecule has 0 fully saturated rings. The van der Waals surface area contributed by atoms with Crippen molar-refractivity contribution in [2.75, 3.05) is 12.3 Å². The van der Waals surface area contributed by atoms with Crippen LogP contribution in [0.5, 0.6) is 0 Å². The van der Waals surface area contributed by atoms with Gasteiger partial charge in [-0.1, -0.05) is 44.2 Å². The Hall–Kier alpha value is -2.41. The number of hydrogen-bond donors (Lipinski definition) is 1. The summed E-state index contributed by atoms with van der Waals surface area (Å²) in [5.41, 5.74) is 1.56. The van der Waals surface area contributed by atoms with Crippen LogP contribution in [0.1, 0.15) is 31.9 Å². The van der Waals surface area contributed by atoms with Crippen molar-refractivity contribution >= 4 is 21.8 Å². The number of nitrogens with zero attached hydrogens (tertiary/aromatic N) is 2. The summed E-state index contributed by atoms with van der Waals surface area (Å²) in [5.74, 6) is 0.565. The Bertz CT molecular complexity index is 871. The van der Waals surface area contributed by atoms with E-state index in [-0.39, 0.29) is 17.7 Å². The molecule has 1 amide bonds. The maximum absolute atomic E-state index is 12.7. The molecule has 0 radical (unpaired) electrons. The fourth-order valence-corrected chi connectivity index (χ4v) is 3.98. The highest BCUT2D eigenvalue weighted by Gasteiger charge is 2.26. The molecule has 6 nitrogen and oxygen atoms in total. The number of carbonyl (C=O) groups excluding carboxylic acids is 1. The zero-order valence-electron chi connectivity index (χ0n) is 14.9. The van der Waals surface area contributed by atoms with Crippen LogP contribution in [0.15, 0.2) is 58.7 Å². The van der Waals surface area contributed by atoms with Crippen molar-refractivity contribution in [2.45, 2.75) is 26.3 Å². The summed E-state index contributed by atoms with van der Waals surface area (Å²) in [6.07, 6.45) is 5.69. The predicted molar refractivity (Wildman–Crippen MR) is 102 cm³/mol. The lowest BCUT2D eigenvalue weighted by Gasteiger charge is -2.28. The minimum atomic E-state index is -3.39. The summed E-state index contributed by atoms with van der Waals surface area (Å²) in [7, 11) is -3.39. The highest BCUT2D eigenvalue weighted by Crippen LogP contribution is 2.22. The van der Waals surface area contributed by atoms with E-state index in [0.717, 1.165) is 12.0 Å². The Morgan fingerprint density at radius 1 is 1.23 bits per heavy atom. The largest absolute Gasteiger partial charge is 0.345 e. The monoisotopic (exact) mass is 373 g/mol. The zero-order chi connectivity index (χ0) is 18.7. The number of benzene rings is 1. The quantitative estimate of drug-likeness (QED) is 0.859. The Morgan fingerprint density at radius 2 is 1.96 bits per heavy atom. The summed E-state index contributed by atoms with van der Waals surface area (Å²) in [6.45, 7) is 4.55. The topological polar surface area (TPSA) is 78.8 Å². The average molecular weight is 373 g/mol. The van der Waals surface area contributed by atoms with E-state index < -0.39 is 10.0 Å². The zero-order valence-corrected chi connectivity index (χ0v) is 15.7. The molecule has 0 saturated carbocycles. The van der Waals surface area contributed by atoms with Crippen LogP contribution in [0.3, 0.4) is 0 Å². The molecular formula is C19H23N3O3S. The predicted octanol–water partition coefficient (Wildman–Crippen LogP) is 2.39. The number of amides is 1. The first-order chi connectivity index (χ1) is 12.3. The Labute approximate surface area is 154 Å². The molecule has 1 atom stereocenters. The third-order valence-corrected chi connectivity index (χ3v) is 5.46. The Kier molecular flexibility index (Phi) is 5.27. The number of hydrogen-bond acceptors (Lipinski definition) is 4. The van der Waals surface area contributed by atoms with Crippen molar-refractivity contribution in [1.82, 2.24) is 10.2 Å². The summed E-state index contributed by atoms with van der Waals surface area (Å²) in [4.78, 5) is 14.5. The molecule has 0 aromatic heterocycles. The summed E-state index contributed by atoms with van der Waals surface area (Å²) >= 11 is 0. The molecule has 0 bridgehead atoms. The Morgan fingerprint density at radius 3 is 2.65 bits per heavy atom. The van der Waals surface area contributed by atoms with E-state index in [2.05, 4.69) is 23.6 Å². The van der Waals surface area contributed by atoms with Gasteiger partial charge in [-0.05, 0) is 30.1 Å². The molecule has 2 aliphatic rings. The van der Waals surface area contributed by atoms with Gasteiger partial charge in [0.05, 0.1) is 17.4 Å². The van der Waals surface area contributed by atoms with Crippen LogP contribution >= 0.6 is 0 Å². The van der Waals surface area contributed by atoms with Crippen molar-refractivity contribution < 1.29 is 13.2 Å². The first-order valence-corrected chi connectivity index (χ1v) is 10.3. The van der Waals surface area contributed by atoms with Crippen molar-refractivity contribution in [3.63, 3.8) is 0 Å². The van der Waals surface area contributed by atoms with Crippen molar-refractivity contribution in [3.8, 4) is 0 Å². The molecule has 26 heavy (non-hydrogen) atoms.